The molecule has 0 fully saturated rings. The lowest BCUT2D eigenvalue weighted by molar-refractivity contribution is 0.383. The molecule has 2 nitrogen and oxygen atoms in total. The lowest BCUT2D eigenvalue weighted by atomic mass is 10.4. The van der Waals surface area contributed by atoms with Gasteiger partial charge in [0.25, 0.3) is 0 Å². The van der Waals surface area contributed by atoms with Crippen LogP contribution >= 0.6 is 0 Å². The van der Waals surface area contributed by atoms with Gasteiger partial charge in [-0.15, -0.1) is 0 Å². The summed E-state index contributed by atoms with van der Waals surface area (Å²) in [4.78, 5) is 0. The van der Waals surface area contributed by atoms with Crippen molar-refractivity contribution in [1.82, 2.24) is 0 Å². The zero-order chi connectivity index (χ0) is 14.6. The minimum Gasteiger partial charge on any atom is -0.437 e. The largest absolute Gasteiger partial charge is 0.437 e. The molecule has 0 saturated carbocycles. The van der Waals surface area contributed by atoms with Crippen molar-refractivity contribution in [1.29, 1.82) is 0 Å². The number of hydrogen-bond donors (Lipinski definition) is 0. The fraction of sp³-hybridized carbons (Fsp3) is 1.00. The van der Waals surface area contributed by atoms with Gasteiger partial charge < -0.3 is 8.23 Å². The van der Waals surface area contributed by atoms with E-state index in [2.05, 4.69) is 60.1 Å². The Morgan fingerprint density at radius 1 is 0.889 bits per heavy atom. The summed E-state index contributed by atoms with van der Waals surface area (Å²) in [6.45, 7) is 20.6. The maximum atomic E-state index is 6.50. The zero-order valence-electron chi connectivity index (χ0n) is 14.0. The van der Waals surface area contributed by atoms with Crippen LogP contribution in [0.3, 0.4) is 0 Å². The summed E-state index contributed by atoms with van der Waals surface area (Å²) in [5.41, 5.74) is 0.647. The van der Waals surface area contributed by atoms with E-state index in [1.807, 2.05) is 0 Å². The molecule has 0 aromatic carbocycles. The van der Waals surface area contributed by atoms with Gasteiger partial charge >= 0.3 is 8.56 Å². The van der Waals surface area contributed by atoms with Gasteiger partial charge in [0.05, 0.1) is 0 Å². The van der Waals surface area contributed by atoms with Crippen LogP contribution in [0.15, 0.2) is 0 Å². The molecule has 0 N–H and O–H groups in total. The predicted molar refractivity (Wildman–Crippen MR) is 89.4 cm³/mol. The third-order valence-corrected chi connectivity index (χ3v) is 16.1. The molecule has 0 aromatic rings. The van der Waals surface area contributed by atoms with Gasteiger partial charge in [0.15, 0.2) is 16.6 Å². The van der Waals surface area contributed by atoms with Crippen LogP contribution in [0.1, 0.15) is 33.6 Å². The van der Waals surface area contributed by atoms with Crippen molar-refractivity contribution in [2.75, 3.05) is 0 Å². The van der Waals surface area contributed by atoms with Gasteiger partial charge in [0.2, 0.25) is 0 Å². The van der Waals surface area contributed by atoms with Crippen LogP contribution < -0.4 is 0 Å². The molecule has 0 heterocycles. The van der Waals surface area contributed by atoms with Crippen LogP contribution in [0, 0.1) is 0 Å². The van der Waals surface area contributed by atoms with Gasteiger partial charge in [-0.25, -0.2) is 0 Å². The number of rotatable bonds is 8. The third-order valence-electron chi connectivity index (χ3n) is 3.55. The molecule has 0 aliphatic carbocycles. The summed E-state index contributed by atoms with van der Waals surface area (Å²) < 4.78 is 13.0. The summed E-state index contributed by atoms with van der Waals surface area (Å²) in [5.74, 6) is 0. The van der Waals surface area contributed by atoms with Crippen molar-refractivity contribution < 1.29 is 8.23 Å². The first-order valence-corrected chi connectivity index (χ1v) is 16.2. The highest BCUT2D eigenvalue weighted by atomic mass is 28.5. The highest BCUT2D eigenvalue weighted by Crippen LogP contribution is 2.29. The Balaban J connectivity index is 4.55. The monoisotopic (exact) mass is 306 g/mol. The Morgan fingerprint density at radius 3 is 1.78 bits per heavy atom. The van der Waals surface area contributed by atoms with Crippen molar-refractivity contribution in [3.05, 3.63) is 0 Å². The second-order valence-electron chi connectivity index (χ2n) is 7.23. The molecule has 5 heteroatoms. The normalized spacial score (nSPS) is 14.3. The Morgan fingerprint density at radius 2 is 1.39 bits per heavy atom. The van der Waals surface area contributed by atoms with Crippen molar-refractivity contribution in [2.24, 2.45) is 0 Å². The highest BCUT2D eigenvalue weighted by molar-refractivity contribution is 6.88. The molecule has 110 valence electrons. The molecule has 0 unspecified atom stereocenters. The lowest BCUT2D eigenvalue weighted by Crippen LogP contribution is -2.53. The van der Waals surface area contributed by atoms with E-state index in [9.17, 15) is 0 Å². The lowest BCUT2D eigenvalue weighted by Gasteiger charge is -2.40. The molecule has 0 rings (SSSR count). The smallest absolute Gasteiger partial charge is 0.311 e. The molecular weight excluding hydrogens is 272 g/mol. The van der Waals surface area contributed by atoms with E-state index in [-0.39, 0.29) is 0 Å². The molecule has 18 heavy (non-hydrogen) atoms. The van der Waals surface area contributed by atoms with Crippen molar-refractivity contribution in [2.45, 2.75) is 84.5 Å². The topological polar surface area (TPSA) is 18.5 Å². The second kappa shape index (κ2) is 6.83. The van der Waals surface area contributed by atoms with Gasteiger partial charge in [-0.1, -0.05) is 33.6 Å². The predicted octanol–water partition coefficient (Wildman–Crippen LogP) is 5.34. The molecule has 0 aliphatic rings. The molecule has 0 atom stereocenters. The zero-order valence-corrected chi connectivity index (χ0v) is 17.0. The molecule has 0 radical (unpaired) electrons. The van der Waals surface area contributed by atoms with Gasteiger partial charge in [-0.2, -0.15) is 0 Å². The average molecular weight is 307 g/mol. The maximum absolute atomic E-state index is 6.50. The van der Waals surface area contributed by atoms with Crippen LogP contribution in [0.4, 0.5) is 0 Å². The summed E-state index contributed by atoms with van der Waals surface area (Å²) in [7, 11) is -5.09. The van der Waals surface area contributed by atoms with E-state index >= 15 is 0 Å². The van der Waals surface area contributed by atoms with Crippen LogP contribution in [0.25, 0.3) is 0 Å². The molecule has 0 spiro atoms. The van der Waals surface area contributed by atoms with Crippen molar-refractivity contribution in [3.8, 4) is 0 Å². The second-order valence-corrected chi connectivity index (χ2v) is 20.0. The molecule has 0 amide bonds. The first kappa shape index (κ1) is 18.6. The van der Waals surface area contributed by atoms with E-state index < -0.39 is 25.2 Å². The fourth-order valence-corrected chi connectivity index (χ4v) is 15.6. The van der Waals surface area contributed by atoms with Gasteiger partial charge in [0.1, 0.15) is 0 Å². The summed E-state index contributed by atoms with van der Waals surface area (Å²) in [5, 5.41) is 0. The van der Waals surface area contributed by atoms with Crippen LogP contribution in [-0.2, 0) is 8.23 Å². The third kappa shape index (κ3) is 7.23. The first-order chi connectivity index (χ1) is 7.92. The van der Waals surface area contributed by atoms with E-state index in [4.69, 9.17) is 8.23 Å². The van der Waals surface area contributed by atoms with Gasteiger partial charge in [-0.05, 0) is 50.9 Å². The Kier molecular flexibility index (Phi) is 7.05. The number of unbranched alkanes of at least 4 members (excludes halogenated alkanes) is 1. The van der Waals surface area contributed by atoms with Crippen molar-refractivity contribution in [3.63, 3.8) is 0 Å². The molecule has 0 bridgehead atoms. The summed E-state index contributed by atoms with van der Waals surface area (Å²) in [6.07, 6.45) is 2.55. The summed E-state index contributed by atoms with van der Waals surface area (Å²) >= 11 is 0. The van der Waals surface area contributed by atoms with Crippen LogP contribution in [0.2, 0.25) is 50.9 Å². The van der Waals surface area contributed by atoms with E-state index in [0.717, 1.165) is 0 Å². The SMILES string of the molecule is CCCC[Si](C)(C)O[Si](C)(C)O[Si](C)(C)C(C)C. The van der Waals surface area contributed by atoms with Crippen molar-refractivity contribution >= 4 is 25.2 Å². The quantitative estimate of drug-likeness (QED) is 0.563. The Labute approximate surface area is 118 Å². The van der Waals surface area contributed by atoms with E-state index in [1.54, 1.807) is 0 Å². The average Bonchev–Trinajstić information content (AvgIpc) is 2.10. The van der Waals surface area contributed by atoms with E-state index in [0.29, 0.717) is 5.54 Å². The van der Waals surface area contributed by atoms with Crippen LogP contribution in [0.5, 0.6) is 0 Å². The number of hydrogen-bond acceptors (Lipinski definition) is 2. The maximum Gasteiger partial charge on any atom is 0.311 e. The van der Waals surface area contributed by atoms with Crippen LogP contribution in [-0.4, -0.2) is 25.2 Å². The van der Waals surface area contributed by atoms with Gasteiger partial charge in [0, 0.05) is 0 Å². The standard InChI is InChI=1S/C13H34O2Si3/c1-10-11-12-16(4,5)14-18(8,9)15-17(6,7)13(2)3/h13H,10-12H2,1-9H3. The Hall–Kier alpha value is 0.571. The van der Waals surface area contributed by atoms with Gasteiger partial charge in [-0.3, -0.25) is 0 Å². The fourth-order valence-electron chi connectivity index (χ4n) is 2.09. The first-order valence-electron chi connectivity index (χ1n) is 7.32. The minimum absolute atomic E-state index is 0.647. The molecular formula is C13H34O2Si3. The molecule has 0 saturated heterocycles. The summed E-state index contributed by atoms with van der Waals surface area (Å²) in [6, 6.07) is 1.26. The highest BCUT2D eigenvalue weighted by Gasteiger charge is 2.40. The molecule has 0 aliphatic heterocycles. The molecule has 0 aromatic heterocycles. The Bertz CT molecular complexity index is 251. The van der Waals surface area contributed by atoms with E-state index in [1.165, 1.54) is 18.9 Å². The minimum atomic E-state index is -1.96.